The van der Waals surface area contributed by atoms with Crippen molar-refractivity contribution in [2.24, 2.45) is 0 Å². The van der Waals surface area contributed by atoms with E-state index in [0.717, 1.165) is 12.1 Å². The largest absolute Gasteiger partial charge is 0.495 e. The van der Waals surface area contributed by atoms with Gasteiger partial charge in [0.2, 0.25) is 0 Å². The Hall–Kier alpha value is -1.79. The van der Waals surface area contributed by atoms with E-state index >= 15 is 0 Å². The number of sulfonamides is 1. The van der Waals surface area contributed by atoms with E-state index in [1.165, 1.54) is 25.3 Å². The Balaban J connectivity index is 2.43. The number of hydrogen-bond acceptors (Lipinski definition) is 3. The fourth-order valence-electron chi connectivity index (χ4n) is 1.62. The summed E-state index contributed by atoms with van der Waals surface area (Å²) in [6.07, 6.45) is 0. The number of anilines is 1. The molecule has 0 unspecified atom stereocenters. The average molecular weight is 316 g/mol. The Kier molecular flexibility index (Phi) is 4.15. The SMILES string of the molecule is COc1ccc(F)cc1S(=O)(=O)Nc1cccc(Cl)c1. The molecule has 0 aliphatic heterocycles. The summed E-state index contributed by atoms with van der Waals surface area (Å²) in [6, 6.07) is 9.47. The first-order valence-corrected chi connectivity index (χ1v) is 7.40. The molecule has 0 fully saturated rings. The van der Waals surface area contributed by atoms with Crippen molar-refractivity contribution in [1.29, 1.82) is 0 Å². The molecule has 2 rings (SSSR count). The molecule has 0 saturated heterocycles. The molecule has 2 aromatic rings. The molecular weight excluding hydrogens is 305 g/mol. The van der Waals surface area contributed by atoms with Gasteiger partial charge in [0.05, 0.1) is 12.8 Å². The second kappa shape index (κ2) is 5.68. The highest BCUT2D eigenvalue weighted by Gasteiger charge is 2.20. The van der Waals surface area contributed by atoms with Crippen LogP contribution in [0.3, 0.4) is 0 Å². The maximum Gasteiger partial charge on any atom is 0.265 e. The highest BCUT2D eigenvalue weighted by molar-refractivity contribution is 7.92. The maximum absolute atomic E-state index is 13.2. The molecule has 0 bridgehead atoms. The second-order valence-corrected chi connectivity index (χ2v) is 6.00. The first-order chi connectivity index (χ1) is 9.42. The molecule has 0 saturated carbocycles. The molecule has 7 heteroatoms. The minimum absolute atomic E-state index is 0.0564. The van der Waals surface area contributed by atoms with Crippen LogP contribution in [-0.2, 0) is 10.0 Å². The van der Waals surface area contributed by atoms with Gasteiger partial charge in [-0.2, -0.15) is 0 Å². The number of methoxy groups -OCH3 is 1. The van der Waals surface area contributed by atoms with Gasteiger partial charge in [0, 0.05) is 5.02 Å². The number of nitrogens with one attached hydrogen (secondary N) is 1. The summed E-state index contributed by atoms with van der Waals surface area (Å²) in [5, 5.41) is 0.386. The van der Waals surface area contributed by atoms with Crippen molar-refractivity contribution in [3.63, 3.8) is 0 Å². The molecule has 0 heterocycles. The fourth-order valence-corrected chi connectivity index (χ4v) is 3.04. The van der Waals surface area contributed by atoms with Gasteiger partial charge >= 0.3 is 0 Å². The zero-order valence-corrected chi connectivity index (χ0v) is 12.0. The normalized spacial score (nSPS) is 11.2. The van der Waals surface area contributed by atoms with E-state index in [0.29, 0.717) is 5.02 Å². The van der Waals surface area contributed by atoms with E-state index in [9.17, 15) is 12.8 Å². The zero-order chi connectivity index (χ0) is 14.8. The van der Waals surface area contributed by atoms with Crippen LogP contribution < -0.4 is 9.46 Å². The van der Waals surface area contributed by atoms with Crippen LogP contribution in [0.2, 0.25) is 5.02 Å². The molecule has 1 N–H and O–H groups in total. The van der Waals surface area contributed by atoms with Gasteiger partial charge in [0.25, 0.3) is 10.0 Å². The molecule has 0 radical (unpaired) electrons. The topological polar surface area (TPSA) is 55.4 Å². The van der Waals surface area contributed by atoms with Crippen molar-refractivity contribution in [1.82, 2.24) is 0 Å². The Labute approximate surface area is 121 Å². The Morgan fingerprint density at radius 1 is 1.20 bits per heavy atom. The molecule has 0 atom stereocenters. The summed E-state index contributed by atoms with van der Waals surface area (Å²) in [6.45, 7) is 0. The lowest BCUT2D eigenvalue weighted by molar-refractivity contribution is 0.401. The van der Waals surface area contributed by atoms with Crippen molar-refractivity contribution in [2.45, 2.75) is 4.90 Å². The van der Waals surface area contributed by atoms with Crippen molar-refractivity contribution >= 4 is 27.3 Å². The predicted octanol–water partition coefficient (Wildman–Crippen LogP) is 3.29. The molecule has 2 aromatic carbocycles. The third-order valence-corrected chi connectivity index (χ3v) is 4.13. The zero-order valence-electron chi connectivity index (χ0n) is 10.4. The quantitative estimate of drug-likeness (QED) is 0.942. The summed E-state index contributed by atoms with van der Waals surface area (Å²) in [5.41, 5.74) is 0.281. The van der Waals surface area contributed by atoms with Gasteiger partial charge in [-0.05, 0) is 36.4 Å². The molecule has 0 aromatic heterocycles. The second-order valence-electron chi connectivity index (χ2n) is 3.91. The summed E-state index contributed by atoms with van der Waals surface area (Å²) in [5.74, 6) is -0.613. The van der Waals surface area contributed by atoms with E-state index in [1.54, 1.807) is 12.1 Å². The molecule has 0 aliphatic carbocycles. The van der Waals surface area contributed by atoms with Gasteiger partial charge in [-0.15, -0.1) is 0 Å². The van der Waals surface area contributed by atoms with Gasteiger partial charge < -0.3 is 4.74 Å². The van der Waals surface area contributed by atoms with E-state index in [-0.39, 0.29) is 16.3 Å². The summed E-state index contributed by atoms with van der Waals surface area (Å²) in [7, 11) is -2.66. The molecule has 4 nitrogen and oxygen atoms in total. The summed E-state index contributed by atoms with van der Waals surface area (Å²) < 4.78 is 45.0. The minimum atomic E-state index is -3.97. The highest BCUT2D eigenvalue weighted by Crippen LogP contribution is 2.27. The molecule has 106 valence electrons. The standard InChI is InChI=1S/C13H11ClFNO3S/c1-19-12-6-5-10(15)8-13(12)20(17,18)16-11-4-2-3-9(14)7-11/h2-8,16H,1H3. The van der Waals surface area contributed by atoms with Crippen LogP contribution in [-0.4, -0.2) is 15.5 Å². The van der Waals surface area contributed by atoms with E-state index in [4.69, 9.17) is 16.3 Å². The van der Waals surface area contributed by atoms with Gasteiger partial charge in [0.15, 0.2) is 0 Å². The van der Waals surface area contributed by atoms with Crippen LogP contribution in [0.1, 0.15) is 0 Å². The van der Waals surface area contributed by atoms with Gasteiger partial charge in [-0.25, -0.2) is 12.8 Å². The molecule has 0 spiro atoms. The first-order valence-electron chi connectivity index (χ1n) is 5.54. The maximum atomic E-state index is 13.2. The van der Waals surface area contributed by atoms with Crippen LogP contribution in [0.4, 0.5) is 10.1 Å². The van der Waals surface area contributed by atoms with Crippen LogP contribution in [0.5, 0.6) is 5.75 Å². The number of benzene rings is 2. The van der Waals surface area contributed by atoms with E-state index in [2.05, 4.69) is 4.72 Å². The third kappa shape index (κ3) is 3.20. The van der Waals surface area contributed by atoms with Crippen LogP contribution in [0.25, 0.3) is 0 Å². The van der Waals surface area contributed by atoms with Crippen LogP contribution >= 0.6 is 11.6 Å². The predicted molar refractivity (Wildman–Crippen MR) is 75.2 cm³/mol. The van der Waals surface area contributed by atoms with Crippen molar-refractivity contribution < 1.29 is 17.5 Å². The van der Waals surface area contributed by atoms with Crippen molar-refractivity contribution in [3.05, 3.63) is 53.3 Å². The number of hydrogen-bond donors (Lipinski definition) is 1. The summed E-state index contributed by atoms with van der Waals surface area (Å²) >= 11 is 5.78. The smallest absolute Gasteiger partial charge is 0.265 e. The Bertz CT molecular complexity index is 734. The Morgan fingerprint density at radius 3 is 2.60 bits per heavy atom. The van der Waals surface area contributed by atoms with Gasteiger partial charge in [0.1, 0.15) is 16.5 Å². The molecule has 20 heavy (non-hydrogen) atoms. The van der Waals surface area contributed by atoms with Crippen molar-refractivity contribution in [3.8, 4) is 5.75 Å². The monoisotopic (exact) mass is 315 g/mol. The lowest BCUT2D eigenvalue weighted by atomic mass is 10.3. The van der Waals surface area contributed by atoms with Crippen LogP contribution in [0, 0.1) is 5.82 Å². The number of rotatable bonds is 4. The molecule has 0 amide bonds. The molecular formula is C13H11ClFNO3S. The van der Waals surface area contributed by atoms with E-state index in [1.807, 2.05) is 0 Å². The fraction of sp³-hybridized carbons (Fsp3) is 0.0769. The highest BCUT2D eigenvalue weighted by atomic mass is 35.5. The number of ether oxygens (including phenoxy) is 1. The van der Waals surface area contributed by atoms with E-state index < -0.39 is 15.8 Å². The lowest BCUT2D eigenvalue weighted by Crippen LogP contribution is -2.14. The summed E-state index contributed by atoms with van der Waals surface area (Å²) in [4.78, 5) is -0.278. The Morgan fingerprint density at radius 2 is 1.95 bits per heavy atom. The lowest BCUT2D eigenvalue weighted by Gasteiger charge is -2.11. The van der Waals surface area contributed by atoms with Crippen molar-refractivity contribution in [2.75, 3.05) is 11.8 Å². The minimum Gasteiger partial charge on any atom is -0.495 e. The number of halogens is 2. The average Bonchev–Trinajstić information content (AvgIpc) is 2.38. The first kappa shape index (κ1) is 14.6. The third-order valence-electron chi connectivity index (χ3n) is 2.49. The molecule has 0 aliphatic rings. The van der Waals surface area contributed by atoms with Gasteiger partial charge in [-0.3, -0.25) is 4.72 Å². The van der Waals surface area contributed by atoms with Gasteiger partial charge in [-0.1, -0.05) is 17.7 Å². The van der Waals surface area contributed by atoms with Crippen LogP contribution in [0.15, 0.2) is 47.4 Å².